The lowest BCUT2D eigenvalue weighted by molar-refractivity contribution is -0.111. The summed E-state index contributed by atoms with van der Waals surface area (Å²) in [7, 11) is 4.12. The fourth-order valence-corrected chi connectivity index (χ4v) is 5.83. The summed E-state index contributed by atoms with van der Waals surface area (Å²) in [5.74, 6) is -0.237. The van der Waals surface area contributed by atoms with Gasteiger partial charge in [-0.15, -0.1) is 0 Å². The van der Waals surface area contributed by atoms with Crippen molar-refractivity contribution in [2.24, 2.45) is 7.05 Å². The number of aromatic amines is 1. The maximum absolute atomic E-state index is 12.2. The third-order valence-electron chi connectivity index (χ3n) is 8.43. The number of nitrogens with one attached hydrogen (secondary N) is 2. The minimum atomic E-state index is -0.237. The Bertz CT molecular complexity index is 1800. The molecule has 0 spiro atoms. The van der Waals surface area contributed by atoms with Gasteiger partial charge in [-0.2, -0.15) is 5.10 Å². The number of hydrogen-bond donors (Lipinski definition) is 2. The molecule has 8 nitrogen and oxygen atoms in total. The van der Waals surface area contributed by atoms with E-state index in [2.05, 4.69) is 82.1 Å². The molecule has 0 saturated carbocycles. The lowest BCUT2D eigenvalue weighted by atomic mass is 9.96. The second-order valence-corrected chi connectivity index (χ2v) is 11.3. The molecule has 0 radical (unpaired) electrons. The van der Waals surface area contributed by atoms with Gasteiger partial charge in [-0.25, -0.2) is 4.98 Å². The van der Waals surface area contributed by atoms with Gasteiger partial charge >= 0.3 is 0 Å². The van der Waals surface area contributed by atoms with Gasteiger partial charge in [0.2, 0.25) is 5.91 Å². The first-order chi connectivity index (χ1) is 20.2. The molecule has 6 rings (SSSR count). The summed E-state index contributed by atoms with van der Waals surface area (Å²) in [5.41, 5.74) is 10.9. The van der Waals surface area contributed by atoms with E-state index in [9.17, 15) is 4.79 Å². The Hall–Kier alpha value is -4.69. The van der Waals surface area contributed by atoms with Gasteiger partial charge in [-0.05, 0) is 74.9 Å². The topological polar surface area (TPSA) is 82.1 Å². The molecule has 1 aliphatic rings. The fourth-order valence-electron chi connectivity index (χ4n) is 5.83. The molecule has 1 fully saturated rings. The summed E-state index contributed by atoms with van der Waals surface area (Å²) < 4.78 is 1.83. The van der Waals surface area contributed by atoms with Gasteiger partial charge in [0, 0.05) is 78.6 Å². The summed E-state index contributed by atoms with van der Waals surface area (Å²) in [6.07, 6.45) is 5.22. The van der Waals surface area contributed by atoms with Crippen LogP contribution in [0.1, 0.15) is 18.2 Å². The molecule has 8 heteroatoms. The quantitative estimate of drug-likeness (QED) is 0.243. The molecule has 0 bridgehead atoms. The van der Waals surface area contributed by atoms with E-state index in [-0.39, 0.29) is 5.91 Å². The smallest absolute Gasteiger partial charge is 0.247 e. The molecule has 1 atom stereocenters. The van der Waals surface area contributed by atoms with E-state index in [4.69, 9.17) is 4.98 Å². The summed E-state index contributed by atoms with van der Waals surface area (Å²) >= 11 is 0. The van der Waals surface area contributed by atoms with Crippen molar-refractivity contribution in [3.8, 4) is 33.5 Å². The number of anilines is 2. The number of aryl methyl sites for hydroxylation is 3. The van der Waals surface area contributed by atoms with Gasteiger partial charge in [-0.1, -0.05) is 30.8 Å². The van der Waals surface area contributed by atoms with Crippen molar-refractivity contribution < 1.29 is 4.79 Å². The number of amides is 1. The number of hydrogen-bond acceptors (Lipinski definition) is 5. The van der Waals surface area contributed by atoms with Crippen molar-refractivity contribution in [2.75, 3.05) is 36.9 Å². The molecule has 1 amide bonds. The van der Waals surface area contributed by atoms with Crippen LogP contribution in [-0.2, 0) is 11.8 Å². The van der Waals surface area contributed by atoms with Gasteiger partial charge in [0.15, 0.2) is 0 Å². The number of pyridine rings is 1. The highest BCUT2D eigenvalue weighted by molar-refractivity contribution is 6.05. The van der Waals surface area contributed by atoms with Crippen LogP contribution >= 0.6 is 0 Å². The second kappa shape index (κ2) is 10.9. The molecule has 5 aromatic rings. The van der Waals surface area contributed by atoms with Crippen LogP contribution < -0.4 is 10.2 Å². The average Bonchev–Trinajstić information content (AvgIpc) is 3.54. The Morgan fingerprint density at radius 2 is 1.81 bits per heavy atom. The first kappa shape index (κ1) is 27.5. The molecular formula is C34H37N7O. The van der Waals surface area contributed by atoms with Crippen LogP contribution in [-0.4, -0.2) is 63.3 Å². The van der Waals surface area contributed by atoms with E-state index in [1.54, 1.807) is 0 Å². The Morgan fingerprint density at radius 1 is 1.05 bits per heavy atom. The predicted octanol–water partition coefficient (Wildman–Crippen LogP) is 6.18. The average molecular weight is 560 g/mol. The minimum absolute atomic E-state index is 0.237. The number of benzene rings is 2. The first-order valence-electron chi connectivity index (χ1n) is 14.3. The maximum atomic E-state index is 12.2. The molecule has 1 saturated heterocycles. The highest BCUT2D eigenvalue weighted by Crippen LogP contribution is 2.41. The predicted molar refractivity (Wildman–Crippen MR) is 172 cm³/mol. The van der Waals surface area contributed by atoms with Crippen LogP contribution in [0.4, 0.5) is 11.4 Å². The molecule has 0 unspecified atom stereocenters. The highest BCUT2D eigenvalue weighted by atomic mass is 16.1. The molecule has 1 aliphatic heterocycles. The number of nitrogens with zero attached hydrogens (tertiary/aromatic N) is 5. The molecule has 2 N–H and O–H groups in total. The maximum Gasteiger partial charge on any atom is 0.247 e. The number of aromatic nitrogens is 4. The SMILES string of the molecule is C=CC(=O)Nc1cc(-c2c(-c3ccc(N4CCN(C)[C@@H](C)C4)cc3)[nH]c3ncc(-c4cn(C)nc4C)cc23)ccc1C. The van der Waals surface area contributed by atoms with Crippen molar-refractivity contribution in [1.29, 1.82) is 0 Å². The zero-order valence-corrected chi connectivity index (χ0v) is 24.9. The van der Waals surface area contributed by atoms with Crippen LogP contribution in [0.3, 0.4) is 0 Å². The van der Waals surface area contributed by atoms with Crippen molar-refractivity contribution in [2.45, 2.75) is 26.8 Å². The Morgan fingerprint density at radius 3 is 2.50 bits per heavy atom. The van der Waals surface area contributed by atoms with Crippen molar-refractivity contribution >= 4 is 28.3 Å². The number of piperazine rings is 1. The Labute approximate surface area is 246 Å². The summed E-state index contributed by atoms with van der Waals surface area (Å²) in [6, 6.07) is 17.7. The molecule has 3 aromatic heterocycles. The number of rotatable bonds is 6. The van der Waals surface area contributed by atoms with Crippen LogP contribution in [0, 0.1) is 13.8 Å². The molecule has 214 valence electrons. The lowest BCUT2D eigenvalue weighted by Crippen LogP contribution is -2.50. The molecule has 2 aromatic carbocycles. The third kappa shape index (κ3) is 5.10. The van der Waals surface area contributed by atoms with Crippen LogP contribution in [0.15, 0.2) is 73.6 Å². The van der Waals surface area contributed by atoms with Crippen molar-refractivity contribution in [1.82, 2.24) is 24.6 Å². The lowest BCUT2D eigenvalue weighted by Gasteiger charge is -2.39. The van der Waals surface area contributed by atoms with Crippen LogP contribution in [0.25, 0.3) is 44.5 Å². The molecular weight excluding hydrogens is 522 g/mol. The summed E-state index contributed by atoms with van der Waals surface area (Å²) in [6.45, 7) is 13.0. The number of fused-ring (bicyclic) bond motifs is 1. The van der Waals surface area contributed by atoms with E-state index in [0.29, 0.717) is 6.04 Å². The normalized spacial score (nSPS) is 15.7. The van der Waals surface area contributed by atoms with E-state index in [1.165, 1.54) is 11.8 Å². The molecule has 0 aliphatic carbocycles. The molecule has 4 heterocycles. The number of likely N-dealkylation sites (N-methyl/N-ethyl adjacent to an activating group) is 1. The first-order valence-corrected chi connectivity index (χ1v) is 14.3. The van der Waals surface area contributed by atoms with Crippen LogP contribution in [0.2, 0.25) is 0 Å². The summed E-state index contributed by atoms with van der Waals surface area (Å²) in [4.78, 5) is 25.6. The standard InChI is InChI=1S/C34H37N7O/c1-7-31(42)36-30-17-25(9-8-21(30)2)32-28-16-26(29-20-40(6)38-23(29)4)18-35-34(28)37-33(32)24-10-12-27(13-11-24)41-15-14-39(5)22(3)19-41/h7-13,16-18,20,22H,1,14-15,19H2,2-6H3,(H,35,37)(H,36,42)/t22-/m0/s1. The third-order valence-corrected chi connectivity index (χ3v) is 8.43. The fraction of sp³-hybridized carbons (Fsp3) is 0.265. The second-order valence-electron chi connectivity index (χ2n) is 11.3. The van der Waals surface area contributed by atoms with Gasteiger partial charge in [-0.3, -0.25) is 9.48 Å². The summed E-state index contributed by atoms with van der Waals surface area (Å²) in [5, 5.41) is 8.51. The van der Waals surface area contributed by atoms with E-state index < -0.39 is 0 Å². The number of carbonyl (C=O) groups is 1. The van der Waals surface area contributed by atoms with Gasteiger partial charge < -0.3 is 20.1 Å². The molecule has 42 heavy (non-hydrogen) atoms. The largest absolute Gasteiger partial charge is 0.369 e. The zero-order chi connectivity index (χ0) is 29.5. The van der Waals surface area contributed by atoms with Crippen LogP contribution in [0.5, 0.6) is 0 Å². The highest BCUT2D eigenvalue weighted by Gasteiger charge is 2.22. The van der Waals surface area contributed by atoms with E-state index in [0.717, 1.165) is 81.1 Å². The van der Waals surface area contributed by atoms with E-state index in [1.807, 2.05) is 50.1 Å². The number of H-pyrrole nitrogens is 1. The van der Waals surface area contributed by atoms with Gasteiger partial charge in [0.1, 0.15) is 5.65 Å². The van der Waals surface area contributed by atoms with Gasteiger partial charge in [0.25, 0.3) is 0 Å². The van der Waals surface area contributed by atoms with Crippen molar-refractivity contribution in [3.05, 3.63) is 84.8 Å². The Balaban J connectivity index is 1.49. The Kier molecular flexibility index (Phi) is 7.16. The zero-order valence-electron chi connectivity index (χ0n) is 24.9. The van der Waals surface area contributed by atoms with E-state index >= 15 is 0 Å². The minimum Gasteiger partial charge on any atom is -0.369 e. The monoisotopic (exact) mass is 559 g/mol. The van der Waals surface area contributed by atoms with Crippen molar-refractivity contribution in [3.63, 3.8) is 0 Å². The van der Waals surface area contributed by atoms with Gasteiger partial charge in [0.05, 0.1) is 11.4 Å². The number of carbonyl (C=O) groups excluding carboxylic acids is 1.